The Morgan fingerprint density at radius 3 is 2.69 bits per heavy atom. The lowest BCUT2D eigenvalue weighted by Crippen LogP contribution is -2.43. The molecule has 0 radical (unpaired) electrons. The Balaban J connectivity index is 1.77. The Kier molecular flexibility index (Phi) is 5.98. The van der Waals surface area contributed by atoms with E-state index in [-0.39, 0.29) is 18.2 Å². The highest BCUT2D eigenvalue weighted by molar-refractivity contribution is 14.1. The molecule has 1 aliphatic rings. The molecule has 0 aromatic heterocycles. The molecule has 26 heavy (non-hydrogen) atoms. The summed E-state index contributed by atoms with van der Waals surface area (Å²) in [7, 11) is 1.69. The minimum atomic E-state index is -0.498. The summed E-state index contributed by atoms with van der Waals surface area (Å²) >= 11 is 3.54. The molecular formula is C19H18IN3O2S. The van der Waals surface area contributed by atoms with Gasteiger partial charge >= 0.3 is 0 Å². The van der Waals surface area contributed by atoms with E-state index in [0.717, 1.165) is 20.5 Å². The maximum absolute atomic E-state index is 12.6. The summed E-state index contributed by atoms with van der Waals surface area (Å²) in [5.74, 6) is -0.297. The third kappa shape index (κ3) is 4.64. The van der Waals surface area contributed by atoms with Crippen molar-refractivity contribution in [1.29, 1.82) is 0 Å². The molecule has 2 amide bonds. The summed E-state index contributed by atoms with van der Waals surface area (Å²) < 4.78 is 1.11. The van der Waals surface area contributed by atoms with Crippen LogP contribution in [0, 0.1) is 10.5 Å². The highest BCUT2D eigenvalue weighted by Crippen LogP contribution is 2.29. The van der Waals surface area contributed by atoms with Crippen molar-refractivity contribution in [2.75, 3.05) is 12.4 Å². The molecule has 1 N–H and O–H groups in total. The van der Waals surface area contributed by atoms with E-state index in [4.69, 9.17) is 0 Å². The first kappa shape index (κ1) is 18.9. The molecule has 3 rings (SSSR count). The van der Waals surface area contributed by atoms with Gasteiger partial charge in [0.15, 0.2) is 5.17 Å². The first-order chi connectivity index (χ1) is 12.4. The fraction of sp³-hybridized carbons (Fsp3) is 0.211. The lowest BCUT2D eigenvalue weighted by molar-refractivity contribution is -0.128. The predicted molar refractivity (Wildman–Crippen MR) is 115 cm³/mol. The van der Waals surface area contributed by atoms with Crippen LogP contribution in [0.15, 0.2) is 53.5 Å². The minimum Gasteiger partial charge on any atom is -0.325 e. The second-order valence-electron chi connectivity index (χ2n) is 5.99. The maximum atomic E-state index is 12.6. The molecule has 1 heterocycles. The topological polar surface area (TPSA) is 61.8 Å². The van der Waals surface area contributed by atoms with Gasteiger partial charge in [0.05, 0.1) is 5.69 Å². The van der Waals surface area contributed by atoms with Gasteiger partial charge < -0.3 is 5.32 Å². The number of carbonyl (C=O) groups excluding carboxylic acids is 2. The zero-order chi connectivity index (χ0) is 18.7. The van der Waals surface area contributed by atoms with Crippen molar-refractivity contribution in [2.45, 2.75) is 18.6 Å². The van der Waals surface area contributed by atoms with E-state index >= 15 is 0 Å². The van der Waals surface area contributed by atoms with Gasteiger partial charge in [-0.15, -0.1) is 0 Å². The molecule has 0 spiro atoms. The number of amidine groups is 1. The van der Waals surface area contributed by atoms with Crippen molar-refractivity contribution in [3.63, 3.8) is 0 Å². The Morgan fingerprint density at radius 2 is 2.00 bits per heavy atom. The van der Waals surface area contributed by atoms with Crippen LogP contribution in [0.1, 0.15) is 12.0 Å². The van der Waals surface area contributed by atoms with E-state index in [2.05, 4.69) is 32.9 Å². The van der Waals surface area contributed by atoms with Crippen LogP contribution in [0.4, 0.5) is 11.4 Å². The molecule has 1 saturated heterocycles. The highest BCUT2D eigenvalue weighted by Gasteiger charge is 2.34. The van der Waals surface area contributed by atoms with E-state index in [1.165, 1.54) is 16.7 Å². The normalized spacial score (nSPS) is 18.9. The molecule has 134 valence electrons. The summed E-state index contributed by atoms with van der Waals surface area (Å²) in [5, 5.41) is 2.93. The molecule has 1 atom stereocenters. The standard InChI is InChI=1S/C19H18IN3O2S/c1-12-4-3-5-15(10-12)21-18(25)16-11-17(24)23(2)19(26-16)22-14-8-6-13(20)7-9-14/h3-10,16H,11H2,1-2H3,(H,21,25)/t16-/m1/s1. The zero-order valence-electron chi connectivity index (χ0n) is 14.4. The Bertz CT molecular complexity index is 867. The quantitative estimate of drug-likeness (QED) is 0.672. The number of anilines is 1. The van der Waals surface area contributed by atoms with Gasteiger partial charge in [-0.05, 0) is 71.5 Å². The number of nitrogens with one attached hydrogen (secondary N) is 1. The molecule has 0 unspecified atom stereocenters. The fourth-order valence-electron chi connectivity index (χ4n) is 2.47. The number of halogens is 1. The smallest absolute Gasteiger partial charge is 0.238 e. The molecule has 2 aromatic carbocycles. The van der Waals surface area contributed by atoms with Gasteiger partial charge in [0, 0.05) is 22.7 Å². The molecule has 0 saturated carbocycles. The monoisotopic (exact) mass is 479 g/mol. The molecule has 1 aliphatic heterocycles. The molecular weight excluding hydrogens is 461 g/mol. The van der Waals surface area contributed by atoms with Crippen LogP contribution in [-0.4, -0.2) is 34.2 Å². The third-order valence-corrected chi connectivity index (χ3v) is 5.86. The molecule has 7 heteroatoms. The van der Waals surface area contributed by atoms with Gasteiger partial charge in [-0.2, -0.15) is 0 Å². The average molecular weight is 479 g/mol. The largest absolute Gasteiger partial charge is 0.325 e. The summed E-state index contributed by atoms with van der Waals surface area (Å²) in [6.07, 6.45) is 0.157. The van der Waals surface area contributed by atoms with E-state index in [0.29, 0.717) is 5.17 Å². The Morgan fingerprint density at radius 1 is 1.27 bits per heavy atom. The number of aryl methyl sites for hydroxylation is 1. The van der Waals surface area contributed by atoms with Crippen LogP contribution >= 0.6 is 34.4 Å². The highest BCUT2D eigenvalue weighted by atomic mass is 127. The van der Waals surface area contributed by atoms with Crippen molar-refractivity contribution in [3.05, 3.63) is 57.7 Å². The number of amides is 2. The lowest BCUT2D eigenvalue weighted by atomic mass is 10.2. The summed E-state index contributed by atoms with van der Waals surface area (Å²) in [6.45, 7) is 1.97. The van der Waals surface area contributed by atoms with Crippen LogP contribution < -0.4 is 5.32 Å². The number of rotatable bonds is 3. The molecule has 2 aromatic rings. The van der Waals surface area contributed by atoms with Crippen LogP contribution in [0.25, 0.3) is 0 Å². The summed E-state index contributed by atoms with van der Waals surface area (Å²) in [5.41, 5.74) is 2.56. The second kappa shape index (κ2) is 8.22. The maximum Gasteiger partial charge on any atom is 0.238 e. The number of hydrogen-bond donors (Lipinski definition) is 1. The number of hydrogen-bond acceptors (Lipinski definition) is 4. The van der Waals surface area contributed by atoms with E-state index in [1.807, 2.05) is 55.5 Å². The van der Waals surface area contributed by atoms with Crippen molar-refractivity contribution in [3.8, 4) is 0 Å². The van der Waals surface area contributed by atoms with E-state index in [9.17, 15) is 9.59 Å². The summed E-state index contributed by atoms with van der Waals surface area (Å²) in [4.78, 5) is 31.0. The molecule has 1 fully saturated rings. The average Bonchev–Trinajstić information content (AvgIpc) is 2.60. The van der Waals surface area contributed by atoms with Crippen LogP contribution in [-0.2, 0) is 9.59 Å². The lowest BCUT2D eigenvalue weighted by Gasteiger charge is -2.28. The van der Waals surface area contributed by atoms with Crippen molar-refractivity contribution in [2.24, 2.45) is 4.99 Å². The van der Waals surface area contributed by atoms with Crippen LogP contribution in [0.2, 0.25) is 0 Å². The van der Waals surface area contributed by atoms with Crippen molar-refractivity contribution >= 4 is 62.7 Å². The first-order valence-corrected chi connectivity index (χ1v) is 10.0. The molecule has 0 aliphatic carbocycles. The molecule has 5 nitrogen and oxygen atoms in total. The second-order valence-corrected chi connectivity index (χ2v) is 8.41. The van der Waals surface area contributed by atoms with E-state index in [1.54, 1.807) is 7.05 Å². The number of nitrogens with zero attached hydrogens (tertiary/aromatic N) is 2. The Hall–Kier alpha value is -1.87. The number of aliphatic imine (C=N–C) groups is 1. The number of carbonyl (C=O) groups is 2. The van der Waals surface area contributed by atoms with Gasteiger partial charge in [-0.1, -0.05) is 23.9 Å². The molecule has 0 bridgehead atoms. The van der Waals surface area contributed by atoms with Gasteiger partial charge in [-0.25, -0.2) is 4.99 Å². The van der Waals surface area contributed by atoms with Crippen LogP contribution in [0.5, 0.6) is 0 Å². The van der Waals surface area contributed by atoms with Crippen LogP contribution in [0.3, 0.4) is 0 Å². The van der Waals surface area contributed by atoms with Gasteiger partial charge in [0.1, 0.15) is 5.25 Å². The number of thioether (sulfide) groups is 1. The van der Waals surface area contributed by atoms with E-state index < -0.39 is 5.25 Å². The van der Waals surface area contributed by atoms with Gasteiger partial charge in [0.2, 0.25) is 11.8 Å². The predicted octanol–water partition coefficient (Wildman–Crippen LogP) is 4.19. The van der Waals surface area contributed by atoms with Gasteiger partial charge in [-0.3, -0.25) is 14.5 Å². The Labute approximate surface area is 170 Å². The van der Waals surface area contributed by atoms with Crippen molar-refractivity contribution in [1.82, 2.24) is 4.90 Å². The van der Waals surface area contributed by atoms with Crippen molar-refractivity contribution < 1.29 is 9.59 Å². The zero-order valence-corrected chi connectivity index (χ0v) is 17.4. The SMILES string of the molecule is Cc1cccc(NC(=O)[C@H]2CC(=O)N(C)C(=Nc3ccc(I)cc3)S2)c1. The fourth-order valence-corrected chi connectivity index (χ4v) is 3.89. The third-order valence-electron chi connectivity index (χ3n) is 3.90. The first-order valence-electron chi connectivity index (χ1n) is 8.07. The van der Waals surface area contributed by atoms with Gasteiger partial charge in [0.25, 0.3) is 0 Å². The minimum absolute atomic E-state index is 0.114. The number of benzene rings is 2. The summed E-state index contributed by atoms with van der Waals surface area (Å²) in [6, 6.07) is 15.3.